The van der Waals surface area contributed by atoms with Crippen molar-refractivity contribution in [1.29, 1.82) is 0 Å². The summed E-state index contributed by atoms with van der Waals surface area (Å²) in [6, 6.07) is 3.52. The number of benzene rings is 1. The van der Waals surface area contributed by atoms with Crippen LogP contribution in [0, 0.1) is 5.92 Å². The lowest BCUT2D eigenvalue weighted by Gasteiger charge is -2.31. The van der Waals surface area contributed by atoms with Gasteiger partial charge in [-0.1, -0.05) is 37.0 Å². The fourth-order valence-electron chi connectivity index (χ4n) is 3.92. The molecule has 1 aromatic carbocycles. The van der Waals surface area contributed by atoms with E-state index in [1.807, 2.05) is 0 Å². The highest BCUT2D eigenvalue weighted by Crippen LogP contribution is 2.55. The van der Waals surface area contributed by atoms with Crippen molar-refractivity contribution in [2.24, 2.45) is 5.92 Å². The van der Waals surface area contributed by atoms with Crippen LogP contribution in [0.2, 0.25) is 10.0 Å². The van der Waals surface area contributed by atoms with Crippen molar-refractivity contribution >= 4 is 23.2 Å². The SMILES string of the molecule is COc1c(Cl)ccc(Cl)c1COC1CC2(C(C)C)CCC1(C)O2. The fourth-order valence-corrected chi connectivity index (χ4v) is 4.38. The van der Waals surface area contributed by atoms with E-state index >= 15 is 0 Å². The minimum Gasteiger partial charge on any atom is -0.495 e. The van der Waals surface area contributed by atoms with E-state index in [1.165, 1.54) is 0 Å². The summed E-state index contributed by atoms with van der Waals surface area (Å²) < 4.78 is 18.0. The molecule has 3 nitrogen and oxygen atoms in total. The fraction of sp³-hybridized carbons (Fsp3) is 0.667. The van der Waals surface area contributed by atoms with Gasteiger partial charge in [-0.3, -0.25) is 0 Å². The molecule has 2 heterocycles. The summed E-state index contributed by atoms with van der Waals surface area (Å²) in [6.07, 6.45) is 3.15. The second kappa shape index (κ2) is 6.11. The van der Waals surface area contributed by atoms with Gasteiger partial charge >= 0.3 is 0 Å². The Hall–Kier alpha value is -0.480. The quantitative estimate of drug-likeness (QED) is 0.718. The lowest BCUT2D eigenvalue weighted by Crippen LogP contribution is -2.38. The molecule has 0 aromatic heterocycles. The van der Waals surface area contributed by atoms with Gasteiger partial charge in [0.25, 0.3) is 0 Å². The van der Waals surface area contributed by atoms with E-state index in [-0.39, 0.29) is 17.3 Å². The Balaban J connectivity index is 1.77. The summed E-state index contributed by atoms with van der Waals surface area (Å²) in [6.45, 7) is 6.99. The summed E-state index contributed by atoms with van der Waals surface area (Å²) in [5.41, 5.74) is 0.552. The minimum atomic E-state index is -0.206. The number of halogens is 2. The van der Waals surface area contributed by atoms with Gasteiger partial charge in [-0.05, 0) is 37.8 Å². The molecule has 0 spiro atoms. The van der Waals surface area contributed by atoms with Gasteiger partial charge in [0.15, 0.2) is 0 Å². The first-order valence-electron chi connectivity index (χ1n) is 8.14. The van der Waals surface area contributed by atoms with Crippen molar-refractivity contribution in [2.45, 2.75) is 63.9 Å². The summed E-state index contributed by atoms with van der Waals surface area (Å²) in [7, 11) is 1.59. The average Bonchev–Trinajstić information content (AvgIpc) is 3.00. The smallest absolute Gasteiger partial charge is 0.144 e. The molecule has 2 fully saturated rings. The van der Waals surface area contributed by atoms with Gasteiger partial charge in [0.2, 0.25) is 0 Å². The molecule has 2 bridgehead atoms. The van der Waals surface area contributed by atoms with Crippen molar-refractivity contribution < 1.29 is 14.2 Å². The summed E-state index contributed by atoms with van der Waals surface area (Å²) in [4.78, 5) is 0. The van der Waals surface area contributed by atoms with E-state index in [9.17, 15) is 0 Å². The van der Waals surface area contributed by atoms with Gasteiger partial charge in [0.05, 0.1) is 36.0 Å². The van der Waals surface area contributed by atoms with Gasteiger partial charge in [-0.25, -0.2) is 0 Å². The third-order valence-corrected chi connectivity index (χ3v) is 6.19. The molecule has 5 heteroatoms. The highest BCUT2D eigenvalue weighted by molar-refractivity contribution is 6.34. The molecule has 2 saturated heterocycles. The molecule has 1 aromatic rings. The predicted octanol–water partition coefficient (Wildman–Crippen LogP) is 5.25. The van der Waals surface area contributed by atoms with Crippen LogP contribution in [0.4, 0.5) is 0 Å². The highest BCUT2D eigenvalue weighted by atomic mass is 35.5. The molecule has 0 radical (unpaired) electrons. The van der Waals surface area contributed by atoms with Crippen LogP contribution in [-0.2, 0) is 16.1 Å². The van der Waals surface area contributed by atoms with Crippen molar-refractivity contribution in [2.75, 3.05) is 7.11 Å². The van der Waals surface area contributed by atoms with E-state index in [1.54, 1.807) is 19.2 Å². The Morgan fingerprint density at radius 3 is 2.57 bits per heavy atom. The maximum atomic E-state index is 6.41. The number of methoxy groups -OCH3 is 1. The van der Waals surface area contributed by atoms with Crippen molar-refractivity contribution in [1.82, 2.24) is 0 Å². The van der Waals surface area contributed by atoms with E-state index in [4.69, 9.17) is 37.4 Å². The molecule has 2 aliphatic rings. The molecule has 2 aliphatic heterocycles. The van der Waals surface area contributed by atoms with Crippen LogP contribution in [0.5, 0.6) is 5.75 Å². The molecule has 128 valence electrons. The monoisotopic (exact) mass is 358 g/mol. The number of ether oxygens (including phenoxy) is 3. The van der Waals surface area contributed by atoms with E-state index in [0.29, 0.717) is 28.3 Å². The second-order valence-corrected chi connectivity index (χ2v) is 7.99. The zero-order chi connectivity index (χ0) is 16.8. The highest BCUT2D eigenvalue weighted by Gasteiger charge is 2.60. The lowest BCUT2D eigenvalue weighted by molar-refractivity contribution is -0.0961. The van der Waals surface area contributed by atoms with E-state index in [2.05, 4.69) is 20.8 Å². The maximum Gasteiger partial charge on any atom is 0.144 e. The van der Waals surface area contributed by atoms with Crippen LogP contribution in [0.25, 0.3) is 0 Å². The second-order valence-electron chi connectivity index (χ2n) is 7.18. The number of rotatable bonds is 5. The first-order valence-corrected chi connectivity index (χ1v) is 8.89. The Bertz CT molecular complexity index is 604. The topological polar surface area (TPSA) is 27.7 Å². The molecule has 0 aliphatic carbocycles. The van der Waals surface area contributed by atoms with Crippen LogP contribution >= 0.6 is 23.2 Å². The van der Waals surface area contributed by atoms with Crippen LogP contribution < -0.4 is 4.74 Å². The average molecular weight is 359 g/mol. The summed E-state index contributed by atoms with van der Waals surface area (Å²) in [5.74, 6) is 1.08. The molecule has 3 rings (SSSR count). The Labute approximate surface area is 148 Å². The summed E-state index contributed by atoms with van der Waals surface area (Å²) >= 11 is 12.5. The predicted molar refractivity (Wildman–Crippen MR) is 92.5 cm³/mol. The molecule has 0 N–H and O–H groups in total. The van der Waals surface area contributed by atoms with Gasteiger partial charge in [-0.15, -0.1) is 0 Å². The summed E-state index contributed by atoms with van der Waals surface area (Å²) in [5, 5.41) is 1.16. The van der Waals surface area contributed by atoms with Crippen molar-refractivity contribution in [3.05, 3.63) is 27.7 Å². The zero-order valence-electron chi connectivity index (χ0n) is 14.1. The van der Waals surface area contributed by atoms with Crippen LogP contribution in [0.1, 0.15) is 45.6 Å². The standard InChI is InChI=1S/C18H24Cl2O3/c1-11(2)18-8-7-17(3,23-18)15(9-18)22-10-12-13(19)5-6-14(20)16(12)21-4/h5-6,11,15H,7-10H2,1-4H3. The largest absolute Gasteiger partial charge is 0.495 e. The van der Waals surface area contributed by atoms with E-state index in [0.717, 1.165) is 24.8 Å². The third-order valence-electron chi connectivity index (χ3n) is 5.53. The normalized spacial score (nSPS) is 32.7. The van der Waals surface area contributed by atoms with Gasteiger partial charge < -0.3 is 14.2 Å². The van der Waals surface area contributed by atoms with Gasteiger partial charge in [0, 0.05) is 17.0 Å². The Kier molecular flexibility index (Phi) is 4.61. The van der Waals surface area contributed by atoms with Crippen LogP contribution in [-0.4, -0.2) is 24.4 Å². The molecule has 23 heavy (non-hydrogen) atoms. The minimum absolute atomic E-state index is 0.0400. The number of hydrogen-bond acceptors (Lipinski definition) is 3. The number of fused-ring (bicyclic) bond motifs is 2. The van der Waals surface area contributed by atoms with Crippen molar-refractivity contribution in [3.8, 4) is 5.75 Å². The maximum absolute atomic E-state index is 6.41. The zero-order valence-corrected chi connectivity index (χ0v) is 15.6. The van der Waals surface area contributed by atoms with E-state index < -0.39 is 0 Å². The van der Waals surface area contributed by atoms with Crippen molar-refractivity contribution in [3.63, 3.8) is 0 Å². The lowest BCUT2D eigenvalue weighted by atomic mass is 9.75. The van der Waals surface area contributed by atoms with Gasteiger partial charge in [0.1, 0.15) is 5.75 Å². The van der Waals surface area contributed by atoms with Crippen LogP contribution in [0.3, 0.4) is 0 Å². The Morgan fingerprint density at radius 1 is 1.26 bits per heavy atom. The first kappa shape index (κ1) is 17.3. The first-order chi connectivity index (χ1) is 10.8. The molecule has 0 amide bonds. The molecule has 0 saturated carbocycles. The molecular formula is C18H24Cl2O3. The van der Waals surface area contributed by atoms with Gasteiger partial charge in [-0.2, -0.15) is 0 Å². The van der Waals surface area contributed by atoms with Crippen LogP contribution in [0.15, 0.2) is 12.1 Å². The Morgan fingerprint density at radius 2 is 1.96 bits per heavy atom. The molecular weight excluding hydrogens is 335 g/mol. The third kappa shape index (κ3) is 2.86. The molecule has 3 unspecified atom stereocenters. The molecule has 3 atom stereocenters. The number of hydrogen-bond donors (Lipinski definition) is 0.